The maximum atomic E-state index is 11.3. The zero-order chi connectivity index (χ0) is 13.5. The maximum absolute atomic E-state index is 11.3. The van der Waals surface area contributed by atoms with Crippen molar-refractivity contribution in [2.24, 2.45) is 0 Å². The first kappa shape index (κ1) is 16.3. The van der Waals surface area contributed by atoms with Crippen molar-refractivity contribution in [2.45, 2.75) is 52.4 Å². The standard InChI is InChI=1S/C17H22O/c1-3-5-7-8-9-10-11-12-14-16-17(18)15-13-6-4-2/h11-12,14,16H,3-6,13,15H2,1-2H3/b12-11+,16-14+. The summed E-state index contributed by atoms with van der Waals surface area (Å²) >= 11 is 0. The minimum absolute atomic E-state index is 0.184. The largest absolute Gasteiger partial charge is 0.295 e. The molecule has 0 atom stereocenters. The molecule has 0 bridgehead atoms. The van der Waals surface area contributed by atoms with Crippen LogP contribution in [-0.4, -0.2) is 5.78 Å². The normalized spacial score (nSPS) is 9.89. The number of hydrogen-bond acceptors (Lipinski definition) is 1. The number of ketones is 1. The summed E-state index contributed by atoms with van der Waals surface area (Å²) in [4.78, 5) is 11.3. The third-order valence-corrected chi connectivity index (χ3v) is 2.20. The van der Waals surface area contributed by atoms with Gasteiger partial charge in [-0.15, -0.1) is 0 Å². The second kappa shape index (κ2) is 13.3. The second-order valence-electron chi connectivity index (χ2n) is 3.96. The predicted octanol–water partition coefficient (Wildman–Crippen LogP) is 4.06. The van der Waals surface area contributed by atoms with Crippen LogP contribution in [0, 0.1) is 23.7 Å². The van der Waals surface area contributed by atoms with Crippen molar-refractivity contribution >= 4 is 5.78 Å². The lowest BCUT2D eigenvalue weighted by Gasteiger charge is -1.92. The minimum atomic E-state index is 0.184. The Hall–Kier alpha value is -1.73. The molecule has 0 aromatic carbocycles. The highest BCUT2D eigenvalue weighted by Gasteiger charge is 1.93. The second-order valence-corrected chi connectivity index (χ2v) is 3.96. The molecule has 0 N–H and O–H groups in total. The molecule has 0 saturated carbocycles. The first-order valence-corrected chi connectivity index (χ1v) is 6.65. The van der Waals surface area contributed by atoms with Gasteiger partial charge in [0, 0.05) is 12.8 Å². The van der Waals surface area contributed by atoms with E-state index in [1.54, 1.807) is 24.3 Å². The topological polar surface area (TPSA) is 17.1 Å². The summed E-state index contributed by atoms with van der Waals surface area (Å²) in [5, 5.41) is 0. The van der Waals surface area contributed by atoms with Crippen molar-refractivity contribution in [1.82, 2.24) is 0 Å². The van der Waals surface area contributed by atoms with E-state index in [2.05, 4.69) is 37.5 Å². The number of carbonyl (C=O) groups excluding carboxylic acids is 1. The van der Waals surface area contributed by atoms with Crippen molar-refractivity contribution in [1.29, 1.82) is 0 Å². The lowest BCUT2D eigenvalue weighted by molar-refractivity contribution is -0.114. The molecule has 0 aromatic heterocycles. The average molecular weight is 242 g/mol. The zero-order valence-electron chi connectivity index (χ0n) is 11.5. The number of carbonyl (C=O) groups is 1. The minimum Gasteiger partial charge on any atom is -0.295 e. The Morgan fingerprint density at radius 2 is 1.89 bits per heavy atom. The van der Waals surface area contributed by atoms with Crippen LogP contribution in [0.25, 0.3) is 0 Å². The number of hydrogen-bond donors (Lipinski definition) is 0. The van der Waals surface area contributed by atoms with Crippen molar-refractivity contribution in [3.8, 4) is 23.7 Å². The molecule has 0 fully saturated rings. The lowest BCUT2D eigenvalue weighted by Crippen LogP contribution is -1.91. The van der Waals surface area contributed by atoms with Crippen LogP contribution in [0.2, 0.25) is 0 Å². The van der Waals surface area contributed by atoms with Crippen molar-refractivity contribution in [3.63, 3.8) is 0 Å². The third kappa shape index (κ3) is 12.3. The first-order chi connectivity index (χ1) is 8.81. The van der Waals surface area contributed by atoms with Gasteiger partial charge in [-0.1, -0.05) is 50.7 Å². The Morgan fingerprint density at radius 3 is 2.61 bits per heavy atom. The Kier molecular flexibility index (Phi) is 12.1. The van der Waals surface area contributed by atoms with Gasteiger partial charge in [0.15, 0.2) is 5.78 Å². The molecular formula is C17H22O. The van der Waals surface area contributed by atoms with Gasteiger partial charge in [0.25, 0.3) is 0 Å². The molecule has 0 aliphatic heterocycles. The van der Waals surface area contributed by atoms with E-state index in [9.17, 15) is 4.79 Å². The highest BCUT2D eigenvalue weighted by Crippen LogP contribution is 2.00. The average Bonchev–Trinajstić information content (AvgIpc) is 2.37. The third-order valence-electron chi connectivity index (χ3n) is 2.20. The molecule has 0 aromatic rings. The molecular weight excluding hydrogens is 220 g/mol. The SMILES string of the molecule is CCCC#CC#C/C=C/C=C/C(=O)CCCCC. The van der Waals surface area contributed by atoms with Crippen LogP contribution < -0.4 is 0 Å². The molecule has 0 amide bonds. The fraction of sp³-hybridized carbons (Fsp3) is 0.471. The molecule has 0 aliphatic carbocycles. The van der Waals surface area contributed by atoms with E-state index in [-0.39, 0.29) is 5.78 Å². The molecule has 0 unspecified atom stereocenters. The van der Waals surface area contributed by atoms with Gasteiger partial charge in [0.2, 0.25) is 0 Å². The summed E-state index contributed by atoms with van der Waals surface area (Å²) < 4.78 is 0. The van der Waals surface area contributed by atoms with E-state index in [1.165, 1.54) is 0 Å². The molecule has 0 spiro atoms. The van der Waals surface area contributed by atoms with Crippen molar-refractivity contribution in [3.05, 3.63) is 24.3 Å². The monoisotopic (exact) mass is 242 g/mol. The van der Waals surface area contributed by atoms with Crippen molar-refractivity contribution < 1.29 is 4.79 Å². The highest BCUT2D eigenvalue weighted by molar-refractivity contribution is 5.89. The number of unbranched alkanes of at least 4 members (excludes halogenated alkanes) is 3. The van der Waals surface area contributed by atoms with E-state index < -0.39 is 0 Å². The van der Waals surface area contributed by atoms with Crippen LogP contribution in [-0.2, 0) is 4.79 Å². The van der Waals surface area contributed by atoms with Crippen molar-refractivity contribution in [2.75, 3.05) is 0 Å². The fourth-order valence-corrected chi connectivity index (χ4v) is 1.21. The molecule has 0 radical (unpaired) electrons. The Bertz CT molecular complexity index is 391. The van der Waals surface area contributed by atoms with Gasteiger partial charge in [-0.05, 0) is 36.8 Å². The van der Waals surface area contributed by atoms with Crippen LogP contribution in [0.1, 0.15) is 52.4 Å². The van der Waals surface area contributed by atoms with Gasteiger partial charge >= 0.3 is 0 Å². The highest BCUT2D eigenvalue weighted by atomic mass is 16.1. The molecule has 0 rings (SSSR count). The van der Waals surface area contributed by atoms with E-state index in [1.807, 2.05) is 0 Å². The first-order valence-electron chi connectivity index (χ1n) is 6.65. The maximum Gasteiger partial charge on any atom is 0.155 e. The van der Waals surface area contributed by atoms with E-state index in [0.29, 0.717) is 6.42 Å². The number of rotatable bonds is 7. The number of allylic oxidation sites excluding steroid dienone is 4. The summed E-state index contributed by atoms with van der Waals surface area (Å²) in [5.41, 5.74) is 0. The molecule has 0 saturated heterocycles. The van der Waals surface area contributed by atoms with E-state index in [4.69, 9.17) is 0 Å². The summed E-state index contributed by atoms with van der Waals surface area (Å²) in [6.45, 7) is 4.22. The van der Waals surface area contributed by atoms with Crippen LogP contribution in [0.3, 0.4) is 0 Å². The summed E-state index contributed by atoms with van der Waals surface area (Å²) in [7, 11) is 0. The quantitative estimate of drug-likeness (QED) is 0.285. The van der Waals surface area contributed by atoms with E-state index in [0.717, 1.165) is 32.1 Å². The molecule has 18 heavy (non-hydrogen) atoms. The van der Waals surface area contributed by atoms with Gasteiger partial charge in [-0.3, -0.25) is 4.79 Å². The molecule has 96 valence electrons. The van der Waals surface area contributed by atoms with Gasteiger partial charge in [0.05, 0.1) is 0 Å². The molecule has 1 heteroatoms. The van der Waals surface area contributed by atoms with Gasteiger partial charge in [-0.2, -0.15) is 0 Å². The van der Waals surface area contributed by atoms with Gasteiger partial charge < -0.3 is 0 Å². The van der Waals surface area contributed by atoms with Crippen LogP contribution in [0.5, 0.6) is 0 Å². The predicted molar refractivity (Wildman–Crippen MR) is 77.9 cm³/mol. The molecule has 0 aliphatic rings. The molecule has 0 heterocycles. The molecule has 1 nitrogen and oxygen atoms in total. The summed E-state index contributed by atoms with van der Waals surface area (Å²) in [6, 6.07) is 0. The Balaban J connectivity index is 3.81. The van der Waals surface area contributed by atoms with Gasteiger partial charge in [-0.25, -0.2) is 0 Å². The smallest absolute Gasteiger partial charge is 0.155 e. The Labute approximate surface area is 111 Å². The van der Waals surface area contributed by atoms with Crippen LogP contribution >= 0.6 is 0 Å². The van der Waals surface area contributed by atoms with E-state index >= 15 is 0 Å². The fourth-order valence-electron chi connectivity index (χ4n) is 1.21. The van der Waals surface area contributed by atoms with Crippen LogP contribution in [0.4, 0.5) is 0 Å². The van der Waals surface area contributed by atoms with Gasteiger partial charge in [0.1, 0.15) is 0 Å². The lowest BCUT2D eigenvalue weighted by atomic mass is 10.1. The Morgan fingerprint density at radius 1 is 1.06 bits per heavy atom. The van der Waals surface area contributed by atoms with Crippen LogP contribution in [0.15, 0.2) is 24.3 Å². The summed E-state index contributed by atoms with van der Waals surface area (Å²) in [6.07, 6.45) is 12.7. The zero-order valence-corrected chi connectivity index (χ0v) is 11.5. The summed E-state index contributed by atoms with van der Waals surface area (Å²) in [5.74, 6) is 11.4.